The van der Waals surface area contributed by atoms with E-state index in [4.69, 9.17) is 0 Å². The largest absolute Gasteiger partial charge is 1.00 e. The molecule has 0 aliphatic carbocycles. The molecule has 4 aromatic carbocycles. The van der Waals surface area contributed by atoms with E-state index in [-0.39, 0.29) is 29.0 Å². The quantitative estimate of drug-likeness (QED) is 0.198. The van der Waals surface area contributed by atoms with E-state index in [9.17, 15) is 31.1 Å². The number of alkyl halides is 6. The summed E-state index contributed by atoms with van der Waals surface area (Å²) in [4.78, 5) is 13.5. The van der Waals surface area contributed by atoms with Crippen LogP contribution < -0.4 is 38.2 Å². The van der Waals surface area contributed by atoms with Crippen LogP contribution in [0.25, 0.3) is 0 Å². The highest BCUT2D eigenvalue weighted by Gasteiger charge is 2.48. The maximum Gasteiger partial charge on any atom is 0.416 e. The SMILES string of the molecule is CC[C@H](C)[C@@H](C[P+](c1ccccc1)(c1ccccc1)c1ccccc1)NC(=O)c1cc(C(F)(F)F)cc(C(F)(F)F)c1.[Br-]. The van der Waals surface area contributed by atoms with Crippen LogP contribution in [0.1, 0.15) is 41.8 Å². The third kappa shape index (κ3) is 7.87. The van der Waals surface area contributed by atoms with E-state index in [2.05, 4.69) is 5.32 Å². The molecule has 228 valence electrons. The summed E-state index contributed by atoms with van der Waals surface area (Å²) in [5, 5.41) is 5.99. The van der Waals surface area contributed by atoms with Gasteiger partial charge in [0.2, 0.25) is 0 Å². The molecule has 0 spiro atoms. The van der Waals surface area contributed by atoms with Crippen LogP contribution in [-0.4, -0.2) is 18.1 Å². The Morgan fingerprint density at radius 3 is 1.40 bits per heavy atom. The Balaban J connectivity index is 0.00000506. The molecule has 0 aliphatic rings. The van der Waals surface area contributed by atoms with Gasteiger partial charge in [-0.1, -0.05) is 74.9 Å². The molecule has 43 heavy (non-hydrogen) atoms. The highest BCUT2D eigenvalue weighted by molar-refractivity contribution is 7.95. The fourth-order valence-electron chi connectivity index (χ4n) is 5.10. The molecule has 1 N–H and O–H groups in total. The lowest BCUT2D eigenvalue weighted by atomic mass is 9.99. The molecule has 0 radical (unpaired) electrons. The van der Waals surface area contributed by atoms with Crippen molar-refractivity contribution in [2.45, 2.75) is 38.7 Å². The van der Waals surface area contributed by atoms with Gasteiger partial charge in [0, 0.05) is 5.56 Å². The first-order valence-corrected chi connectivity index (χ1v) is 15.5. The predicted molar refractivity (Wildman–Crippen MR) is 157 cm³/mol. The normalized spacial score (nSPS) is 13.5. The Labute approximate surface area is 258 Å². The Morgan fingerprint density at radius 2 is 1.07 bits per heavy atom. The van der Waals surface area contributed by atoms with Crippen molar-refractivity contribution < 1.29 is 48.1 Å². The van der Waals surface area contributed by atoms with Gasteiger partial charge in [0.25, 0.3) is 5.91 Å². The number of hydrogen-bond acceptors (Lipinski definition) is 1. The zero-order chi connectivity index (χ0) is 30.5. The molecule has 10 heteroatoms. The van der Waals surface area contributed by atoms with Gasteiger partial charge in [-0.3, -0.25) is 4.79 Å². The minimum absolute atomic E-state index is 0. The van der Waals surface area contributed by atoms with E-state index >= 15 is 0 Å². The van der Waals surface area contributed by atoms with Crippen LogP contribution in [0, 0.1) is 5.92 Å². The number of benzene rings is 4. The molecule has 2 nitrogen and oxygen atoms in total. The minimum Gasteiger partial charge on any atom is -1.00 e. The lowest BCUT2D eigenvalue weighted by molar-refractivity contribution is -0.143. The molecule has 0 saturated carbocycles. The molecule has 4 aromatic rings. The molecule has 0 fully saturated rings. The fraction of sp³-hybridized carbons (Fsp3) is 0.242. The molecule has 0 aliphatic heterocycles. The van der Waals surface area contributed by atoms with E-state index in [1.54, 1.807) is 0 Å². The first-order chi connectivity index (χ1) is 19.9. The van der Waals surface area contributed by atoms with Crippen LogP contribution in [0.5, 0.6) is 0 Å². The Morgan fingerprint density at radius 1 is 0.698 bits per heavy atom. The first kappa shape index (κ1) is 34.3. The molecule has 0 bridgehead atoms. The molecule has 0 saturated heterocycles. The lowest BCUT2D eigenvalue weighted by Gasteiger charge is -2.33. The summed E-state index contributed by atoms with van der Waals surface area (Å²) in [5.74, 6) is -1.12. The summed E-state index contributed by atoms with van der Waals surface area (Å²) in [6.45, 7) is 3.86. The van der Waals surface area contributed by atoms with Gasteiger partial charge in [0.05, 0.1) is 23.3 Å². The Bertz CT molecular complexity index is 1350. The average Bonchev–Trinajstić information content (AvgIpc) is 2.99. The highest BCUT2D eigenvalue weighted by atomic mass is 79.9. The van der Waals surface area contributed by atoms with Gasteiger partial charge in [-0.15, -0.1) is 0 Å². The van der Waals surface area contributed by atoms with Crippen LogP contribution in [-0.2, 0) is 12.4 Å². The topological polar surface area (TPSA) is 29.1 Å². The van der Waals surface area contributed by atoms with E-state index in [1.165, 1.54) is 0 Å². The van der Waals surface area contributed by atoms with Gasteiger partial charge in [-0.05, 0) is 60.5 Å². The van der Waals surface area contributed by atoms with Crippen molar-refractivity contribution >= 4 is 29.1 Å². The Hall–Kier alpha value is -3.16. The molecule has 1 amide bonds. The second kappa shape index (κ2) is 14.1. The summed E-state index contributed by atoms with van der Waals surface area (Å²) in [7, 11) is -2.47. The summed E-state index contributed by atoms with van der Waals surface area (Å²) >= 11 is 0. The number of nitrogens with one attached hydrogen (secondary N) is 1. The van der Waals surface area contributed by atoms with Crippen LogP contribution in [0.2, 0.25) is 0 Å². The van der Waals surface area contributed by atoms with Gasteiger partial charge in [0.1, 0.15) is 23.2 Å². The van der Waals surface area contributed by atoms with Crippen molar-refractivity contribution in [2.24, 2.45) is 5.92 Å². The second-order valence-corrected chi connectivity index (χ2v) is 13.8. The standard InChI is InChI=1S/C33H30F6NOP.BrH/c1-3-23(2)30(40-31(41)24-19-25(32(34,35)36)21-26(20-24)33(37,38)39)22-42(27-13-7-4-8-14-27,28-15-9-5-10-16-28)29-17-11-6-12-18-29;/h4-21,23,30H,3,22H2,1-2H3;1H/t23-,30+;/m0./s1. The van der Waals surface area contributed by atoms with Crippen LogP contribution in [0.3, 0.4) is 0 Å². The first-order valence-electron chi connectivity index (χ1n) is 13.5. The summed E-state index contributed by atoms with van der Waals surface area (Å²) in [6, 6.07) is 30.0. The molecule has 2 atom stereocenters. The molecule has 0 aromatic heterocycles. The Kier molecular flexibility index (Phi) is 11.2. The molecule has 4 rings (SSSR count). The monoisotopic (exact) mass is 681 g/mol. The van der Waals surface area contributed by atoms with Crippen LogP contribution >= 0.6 is 7.26 Å². The molecule has 0 heterocycles. The van der Waals surface area contributed by atoms with Crippen molar-refractivity contribution in [3.05, 3.63) is 126 Å². The van der Waals surface area contributed by atoms with Crippen molar-refractivity contribution in [2.75, 3.05) is 6.16 Å². The number of carbonyl (C=O) groups is 1. The van der Waals surface area contributed by atoms with Gasteiger partial charge in [-0.25, -0.2) is 0 Å². The van der Waals surface area contributed by atoms with Crippen molar-refractivity contribution in [3.63, 3.8) is 0 Å². The van der Waals surface area contributed by atoms with Crippen molar-refractivity contribution in [3.8, 4) is 0 Å². The lowest BCUT2D eigenvalue weighted by Crippen LogP contribution is -3.00. The number of amides is 1. The summed E-state index contributed by atoms with van der Waals surface area (Å²) < 4.78 is 81.2. The van der Waals surface area contributed by atoms with Crippen molar-refractivity contribution in [1.82, 2.24) is 5.32 Å². The molecular weight excluding hydrogens is 651 g/mol. The predicted octanol–water partition coefficient (Wildman–Crippen LogP) is 4.87. The summed E-state index contributed by atoms with van der Waals surface area (Å²) in [5.41, 5.74) is -3.74. The van der Waals surface area contributed by atoms with Crippen LogP contribution in [0.4, 0.5) is 26.3 Å². The number of rotatable bonds is 9. The maximum absolute atomic E-state index is 13.5. The van der Waals surface area contributed by atoms with Gasteiger partial charge in [-0.2, -0.15) is 26.3 Å². The number of hydrogen-bond donors (Lipinski definition) is 1. The van der Waals surface area contributed by atoms with Crippen molar-refractivity contribution in [1.29, 1.82) is 0 Å². The number of carbonyl (C=O) groups excluding carboxylic acids is 1. The highest BCUT2D eigenvalue weighted by Crippen LogP contribution is 2.56. The summed E-state index contributed by atoms with van der Waals surface area (Å²) in [6.07, 6.45) is -9.07. The minimum atomic E-state index is -5.05. The smallest absolute Gasteiger partial charge is 0.416 e. The molecule has 0 unspecified atom stereocenters. The van der Waals surface area contributed by atoms with E-state index in [0.717, 1.165) is 15.9 Å². The van der Waals surface area contributed by atoms with Gasteiger partial charge >= 0.3 is 12.4 Å². The fourth-order valence-corrected chi connectivity index (χ4v) is 9.71. The molecular formula is C33H31BrF6NOP. The van der Waals surface area contributed by atoms with Gasteiger partial charge < -0.3 is 22.3 Å². The van der Waals surface area contributed by atoms with E-state index < -0.39 is 48.3 Å². The number of halogens is 7. The van der Waals surface area contributed by atoms with Crippen LogP contribution in [0.15, 0.2) is 109 Å². The maximum atomic E-state index is 13.5. The van der Waals surface area contributed by atoms with E-state index in [0.29, 0.717) is 24.7 Å². The van der Waals surface area contributed by atoms with Gasteiger partial charge in [0.15, 0.2) is 0 Å². The van der Waals surface area contributed by atoms with E-state index in [1.807, 2.05) is 105 Å². The zero-order valence-corrected chi connectivity index (χ0v) is 25.9. The average molecular weight is 682 g/mol. The third-order valence-corrected chi connectivity index (χ3v) is 12.0. The second-order valence-electron chi connectivity index (χ2n) is 10.3. The zero-order valence-electron chi connectivity index (χ0n) is 23.5. The third-order valence-electron chi connectivity index (χ3n) is 7.56.